The molecular weight excluding hydrogens is 595 g/mol. The monoisotopic (exact) mass is 637 g/mol. The van der Waals surface area contributed by atoms with Crippen molar-refractivity contribution >= 4 is 40.1 Å². The summed E-state index contributed by atoms with van der Waals surface area (Å²) in [6, 6.07) is 29.7. The van der Waals surface area contributed by atoms with Gasteiger partial charge in [0.1, 0.15) is 0 Å². The van der Waals surface area contributed by atoms with Crippen LogP contribution >= 0.6 is 0 Å². The average Bonchev–Trinajstić information content (AvgIpc) is 3.16. The number of para-hydroxylation sites is 1. The summed E-state index contributed by atoms with van der Waals surface area (Å²) in [6.45, 7) is 9.12. The van der Waals surface area contributed by atoms with E-state index in [1.165, 1.54) is 55.5 Å². The zero-order valence-electron chi connectivity index (χ0n) is 28.6. The first-order valence-electron chi connectivity index (χ1n) is 17.5. The van der Waals surface area contributed by atoms with Gasteiger partial charge in [-0.25, -0.2) is 4.98 Å². The van der Waals surface area contributed by atoms with Crippen LogP contribution < -0.4 is 0 Å². The molecule has 0 atom stereocenters. The van der Waals surface area contributed by atoms with Gasteiger partial charge in [-0.2, -0.15) is 0 Å². The van der Waals surface area contributed by atoms with Gasteiger partial charge in [0.15, 0.2) is 0 Å². The molecule has 0 fully saturated rings. The Kier molecular flexibility index (Phi) is 9.70. The second kappa shape index (κ2) is 14.8. The van der Waals surface area contributed by atoms with E-state index in [9.17, 15) is 0 Å². The molecule has 0 unspecified atom stereocenters. The fourth-order valence-electron chi connectivity index (χ4n) is 7.20. The van der Waals surface area contributed by atoms with Crippen molar-refractivity contribution in [1.29, 1.82) is 0 Å². The van der Waals surface area contributed by atoms with Crippen LogP contribution in [0.25, 0.3) is 27.6 Å². The molecule has 242 valence electrons. The van der Waals surface area contributed by atoms with Gasteiger partial charge >= 0.3 is 0 Å². The van der Waals surface area contributed by atoms with Gasteiger partial charge < -0.3 is 0 Å². The molecule has 3 aromatic carbocycles. The largest absolute Gasteiger partial charge is 0.280 e. The Morgan fingerprint density at radius 1 is 0.816 bits per heavy atom. The number of hydrogen-bond acceptors (Lipinski definition) is 3. The molecule has 0 N–H and O–H groups in total. The van der Waals surface area contributed by atoms with Crippen LogP contribution in [0.5, 0.6) is 0 Å². The first-order valence-corrected chi connectivity index (χ1v) is 17.5. The predicted octanol–water partition coefficient (Wildman–Crippen LogP) is 11.8. The summed E-state index contributed by atoms with van der Waals surface area (Å²) in [5.41, 5.74) is 16.6. The minimum absolute atomic E-state index is 0.589. The molecular formula is C46H43N3. The second-order valence-corrected chi connectivity index (χ2v) is 13.1. The molecule has 49 heavy (non-hydrogen) atoms. The molecule has 0 radical (unpaired) electrons. The number of hydrogen-bond donors (Lipinski definition) is 0. The molecule has 3 aliphatic rings. The lowest BCUT2D eigenvalue weighted by atomic mass is 9.85. The van der Waals surface area contributed by atoms with Gasteiger partial charge in [0.2, 0.25) is 0 Å². The molecule has 1 heterocycles. The minimum atomic E-state index is 0.589. The first-order chi connectivity index (χ1) is 24.1. The van der Waals surface area contributed by atoms with Gasteiger partial charge in [-0.3, -0.25) is 9.98 Å². The molecule has 0 amide bonds. The molecule has 0 saturated heterocycles. The Morgan fingerprint density at radius 3 is 2.35 bits per heavy atom. The van der Waals surface area contributed by atoms with Crippen LogP contribution in [0.4, 0.5) is 0 Å². The van der Waals surface area contributed by atoms with Crippen LogP contribution in [-0.2, 0) is 6.54 Å². The van der Waals surface area contributed by atoms with E-state index in [2.05, 4.69) is 147 Å². The van der Waals surface area contributed by atoms with E-state index in [-0.39, 0.29) is 0 Å². The van der Waals surface area contributed by atoms with E-state index in [0.717, 1.165) is 66.7 Å². The fraction of sp³-hybridized carbons (Fsp3) is 0.196. The van der Waals surface area contributed by atoms with E-state index < -0.39 is 0 Å². The SMILES string of the molecule is C=N/C(=C\C(=N/Cc1ccccc1)C1=CCCC(c2nc3ccccc3c(C3=C(C)CCC=C3)c2C)=C1)C1=CC=C(c2ccccc2)CC1. The molecule has 0 aliphatic heterocycles. The fourth-order valence-corrected chi connectivity index (χ4v) is 7.20. The zero-order valence-corrected chi connectivity index (χ0v) is 28.6. The number of allylic oxidation sites excluding steroid dienone is 13. The molecule has 0 spiro atoms. The maximum absolute atomic E-state index is 5.31. The Balaban J connectivity index is 1.30. The van der Waals surface area contributed by atoms with Crippen LogP contribution in [0, 0.1) is 6.92 Å². The van der Waals surface area contributed by atoms with Crippen molar-refractivity contribution in [3.8, 4) is 0 Å². The highest BCUT2D eigenvalue weighted by Gasteiger charge is 2.21. The van der Waals surface area contributed by atoms with Crippen LogP contribution in [0.15, 0.2) is 160 Å². The Bertz CT molecular complexity index is 2150. The normalized spacial score (nSPS) is 17.0. The van der Waals surface area contributed by atoms with Gasteiger partial charge in [0.05, 0.1) is 29.2 Å². The van der Waals surface area contributed by atoms with Crippen LogP contribution in [0.2, 0.25) is 0 Å². The van der Waals surface area contributed by atoms with Gasteiger partial charge in [0.25, 0.3) is 0 Å². The lowest BCUT2D eigenvalue weighted by Crippen LogP contribution is -2.08. The lowest BCUT2D eigenvalue weighted by Gasteiger charge is -2.22. The maximum atomic E-state index is 5.31. The number of aromatic nitrogens is 1. The van der Waals surface area contributed by atoms with E-state index in [0.29, 0.717) is 6.54 Å². The topological polar surface area (TPSA) is 37.6 Å². The zero-order chi connectivity index (χ0) is 33.6. The highest BCUT2D eigenvalue weighted by atomic mass is 14.8. The maximum Gasteiger partial charge on any atom is 0.0715 e. The van der Waals surface area contributed by atoms with Crippen molar-refractivity contribution in [2.75, 3.05) is 0 Å². The lowest BCUT2D eigenvalue weighted by molar-refractivity contribution is 0.966. The molecule has 7 rings (SSSR count). The van der Waals surface area contributed by atoms with Crippen molar-refractivity contribution < 1.29 is 0 Å². The van der Waals surface area contributed by atoms with Crippen LogP contribution in [0.1, 0.15) is 73.4 Å². The van der Waals surface area contributed by atoms with Crippen molar-refractivity contribution in [3.05, 3.63) is 178 Å². The van der Waals surface area contributed by atoms with E-state index in [1.807, 2.05) is 6.07 Å². The van der Waals surface area contributed by atoms with E-state index >= 15 is 0 Å². The van der Waals surface area contributed by atoms with Gasteiger partial charge in [-0.05, 0) is 127 Å². The van der Waals surface area contributed by atoms with Gasteiger partial charge in [0, 0.05) is 5.39 Å². The molecule has 3 aliphatic carbocycles. The molecule has 0 saturated carbocycles. The van der Waals surface area contributed by atoms with Crippen LogP contribution in [0.3, 0.4) is 0 Å². The summed E-state index contributed by atoms with van der Waals surface area (Å²) >= 11 is 0. The third kappa shape index (κ3) is 7.07. The molecule has 0 bridgehead atoms. The summed E-state index contributed by atoms with van der Waals surface area (Å²) in [4.78, 5) is 15.1. The summed E-state index contributed by atoms with van der Waals surface area (Å²) in [7, 11) is 0. The van der Waals surface area contributed by atoms with Gasteiger partial charge in [-0.1, -0.05) is 115 Å². The van der Waals surface area contributed by atoms with Gasteiger partial charge in [-0.15, -0.1) is 0 Å². The number of rotatable bonds is 9. The first kappa shape index (κ1) is 32.2. The summed E-state index contributed by atoms with van der Waals surface area (Å²) < 4.78 is 0. The highest BCUT2D eigenvalue weighted by molar-refractivity contribution is 6.12. The number of pyridine rings is 1. The summed E-state index contributed by atoms with van der Waals surface area (Å²) in [5, 5.41) is 1.22. The van der Waals surface area contributed by atoms with Crippen molar-refractivity contribution in [2.24, 2.45) is 9.98 Å². The molecule has 3 heteroatoms. The minimum Gasteiger partial charge on any atom is -0.280 e. The van der Waals surface area contributed by atoms with Crippen molar-refractivity contribution in [1.82, 2.24) is 4.98 Å². The smallest absolute Gasteiger partial charge is 0.0715 e. The number of nitrogens with zero attached hydrogens (tertiary/aromatic N) is 3. The quantitative estimate of drug-likeness (QED) is 0.168. The highest BCUT2D eigenvalue weighted by Crippen LogP contribution is 2.39. The van der Waals surface area contributed by atoms with Crippen molar-refractivity contribution in [2.45, 2.75) is 58.9 Å². The Hall–Kier alpha value is -5.41. The second-order valence-electron chi connectivity index (χ2n) is 13.1. The number of fused-ring (bicyclic) bond motifs is 1. The Morgan fingerprint density at radius 2 is 1.59 bits per heavy atom. The summed E-state index contributed by atoms with van der Waals surface area (Å²) in [5.74, 6) is 0. The molecule has 4 aromatic rings. The van der Waals surface area contributed by atoms with Crippen LogP contribution in [-0.4, -0.2) is 17.4 Å². The third-order valence-electron chi connectivity index (χ3n) is 9.88. The molecule has 1 aromatic heterocycles. The van der Waals surface area contributed by atoms with E-state index in [4.69, 9.17) is 9.98 Å². The third-order valence-corrected chi connectivity index (χ3v) is 9.88. The summed E-state index contributed by atoms with van der Waals surface area (Å²) in [6.07, 6.45) is 21.8. The number of benzene rings is 3. The molecule has 3 nitrogen and oxygen atoms in total. The predicted molar refractivity (Wildman–Crippen MR) is 210 cm³/mol. The van der Waals surface area contributed by atoms with E-state index in [1.54, 1.807) is 0 Å². The Labute approximate surface area is 291 Å². The van der Waals surface area contributed by atoms with Crippen molar-refractivity contribution in [3.63, 3.8) is 0 Å². The average molecular weight is 638 g/mol. The number of aliphatic imine (C=N–C) groups is 2. The standard InChI is InChI=1S/C46H43N3/c1-32-15-10-11-22-40(32)45-33(2)46(49-42-24-13-12-23-41(42)45)39-21-14-20-38(29-39)44(48-31-34-16-6-4-7-17-34)30-43(47-3)37-27-25-36(26-28-37)35-18-8-5-9-19-35/h4-9,11-13,16-20,22-25,27,29-30H,3,10,14-15,21,26,28,31H2,1-2H3/b43-30-,48-44+.